The number of aromatic nitrogens is 1. The van der Waals surface area contributed by atoms with Crippen molar-refractivity contribution in [2.24, 2.45) is 0 Å². The molecule has 1 aromatic rings. The van der Waals surface area contributed by atoms with Gasteiger partial charge in [0.25, 0.3) is 5.91 Å². The molecule has 1 aliphatic heterocycles. The number of carbonyl (C=O) groups excluding carboxylic acids is 1. The van der Waals surface area contributed by atoms with Crippen LogP contribution >= 0.6 is 11.6 Å². The van der Waals surface area contributed by atoms with Crippen molar-refractivity contribution in [1.82, 2.24) is 15.6 Å². The van der Waals surface area contributed by atoms with E-state index in [9.17, 15) is 4.79 Å². The van der Waals surface area contributed by atoms with Crippen LogP contribution in [0.1, 0.15) is 0 Å². The van der Waals surface area contributed by atoms with Crippen LogP contribution in [0, 0.1) is 5.41 Å². The number of nitrogens with zero attached hydrogens (tertiary/aromatic N) is 2. The first-order valence-corrected chi connectivity index (χ1v) is 7.34. The van der Waals surface area contributed by atoms with Gasteiger partial charge in [0.15, 0.2) is 0 Å². The largest absolute Gasteiger partial charge is 0.368 e. The van der Waals surface area contributed by atoms with Crippen molar-refractivity contribution in [3.05, 3.63) is 30.1 Å². The molecule has 1 fully saturated rings. The topological polar surface area (TPSA) is 93.1 Å². The molecule has 0 aromatic carbocycles. The van der Waals surface area contributed by atoms with Gasteiger partial charge < -0.3 is 20.9 Å². The number of amides is 1. The second kappa shape index (κ2) is 7.77. The van der Waals surface area contributed by atoms with Crippen LogP contribution in [0.2, 0.25) is 0 Å². The number of piperazine rings is 1. The number of likely N-dealkylation sites (N-methyl/N-ethyl adjacent to an activating group) is 1. The van der Waals surface area contributed by atoms with E-state index < -0.39 is 0 Å². The summed E-state index contributed by atoms with van der Waals surface area (Å²) in [5.74, 6) is 0.157. The van der Waals surface area contributed by atoms with E-state index in [4.69, 9.17) is 17.0 Å². The number of hydrogen-bond acceptors (Lipinski definition) is 6. The predicted octanol–water partition coefficient (Wildman–Crippen LogP) is 0.749. The van der Waals surface area contributed by atoms with Crippen molar-refractivity contribution in [3.63, 3.8) is 0 Å². The van der Waals surface area contributed by atoms with Crippen molar-refractivity contribution in [3.8, 4) is 0 Å². The molecule has 2 rings (SSSR count). The van der Waals surface area contributed by atoms with E-state index in [1.165, 1.54) is 13.1 Å². The van der Waals surface area contributed by atoms with E-state index in [0.29, 0.717) is 5.82 Å². The lowest BCUT2D eigenvalue weighted by atomic mass is 10.3. The molecule has 0 radical (unpaired) electrons. The Kier molecular flexibility index (Phi) is 5.74. The third kappa shape index (κ3) is 4.44. The number of hydrogen-bond donors (Lipinski definition) is 4. The number of rotatable bonds is 5. The minimum atomic E-state index is -0.363. The average Bonchev–Trinajstić information content (AvgIpc) is 2.54. The Bertz CT molecular complexity index is 565. The minimum absolute atomic E-state index is 0.171. The third-order valence-corrected chi connectivity index (χ3v) is 3.34. The number of carbonyl (C=O) groups is 1. The number of allylic oxidation sites excluding steroid dienone is 1. The van der Waals surface area contributed by atoms with Crippen molar-refractivity contribution in [1.29, 1.82) is 5.41 Å². The molecular formula is C14H19ClN6O. The summed E-state index contributed by atoms with van der Waals surface area (Å²) in [5, 5.41) is 15.7. The lowest BCUT2D eigenvalue weighted by Gasteiger charge is -2.29. The fourth-order valence-electron chi connectivity index (χ4n) is 2.13. The molecule has 118 valence electrons. The maximum Gasteiger partial charge on any atom is 0.267 e. The first-order chi connectivity index (χ1) is 10.6. The Hall–Kier alpha value is -2.12. The number of nitrogens with one attached hydrogen (secondary N) is 4. The highest BCUT2D eigenvalue weighted by atomic mass is 35.5. The maximum absolute atomic E-state index is 11.7. The lowest BCUT2D eigenvalue weighted by Crippen LogP contribution is -2.43. The van der Waals surface area contributed by atoms with Gasteiger partial charge in [0, 0.05) is 39.3 Å². The molecule has 0 spiro atoms. The lowest BCUT2D eigenvalue weighted by molar-refractivity contribution is -0.116. The summed E-state index contributed by atoms with van der Waals surface area (Å²) in [6.45, 7) is 3.81. The van der Waals surface area contributed by atoms with Crippen LogP contribution in [0.25, 0.3) is 0 Å². The van der Waals surface area contributed by atoms with Gasteiger partial charge in [0.1, 0.15) is 16.7 Å². The molecule has 2 heterocycles. The maximum atomic E-state index is 11.7. The van der Waals surface area contributed by atoms with Crippen LogP contribution in [0.4, 0.5) is 11.5 Å². The predicted molar refractivity (Wildman–Crippen MR) is 88.7 cm³/mol. The normalized spacial score (nSPS) is 15.4. The first-order valence-electron chi connectivity index (χ1n) is 6.96. The van der Waals surface area contributed by atoms with E-state index in [0.717, 1.165) is 31.9 Å². The molecular weight excluding hydrogens is 304 g/mol. The highest BCUT2D eigenvalue weighted by Gasteiger charge is 2.12. The second-order valence-electron chi connectivity index (χ2n) is 4.75. The summed E-state index contributed by atoms with van der Waals surface area (Å²) in [4.78, 5) is 18.3. The molecule has 1 amide bonds. The van der Waals surface area contributed by atoms with E-state index in [-0.39, 0.29) is 16.8 Å². The van der Waals surface area contributed by atoms with Crippen LogP contribution in [0.15, 0.2) is 30.1 Å². The highest BCUT2D eigenvalue weighted by molar-refractivity contribution is 6.67. The van der Waals surface area contributed by atoms with Gasteiger partial charge in [-0.15, -0.1) is 0 Å². The number of pyridine rings is 1. The zero-order chi connectivity index (χ0) is 15.9. The van der Waals surface area contributed by atoms with E-state index >= 15 is 0 Å². The molecule has 7 nitrogen and oxygen atoms in total. The van der Waals surface area contributed by atoms with Gasteiger partial charge in [-0.2, -0.15) is 0 Å². The van der Waals surface area contributed by atoms with Crippen LogP contribution < -0.4 is 20.9 Å². The molecule has 0 saturated carbocycles. The van der Waals surface area contributed by atoms with Gasteiger partial charge in [0.2, 0.25) is 0 Å². The van der Waals surface area contributed by atoms with Crippen LogP contribution in [0.3, 0.4) is 0 Å². The third-order valence-electron chi connectivity index (χ3n) is 3.24. The van der Waals surface area contributed by atoms with Crippen molar-refractivity contribution in [2.45, 2.75) is 0 Å². The van der Waals surface area contributed by atoms with Gasteiger partial charge in [-0.05, 0) is 12.1 Å². The summed E-state index contributed by atoms with van der Waals surface area (Å²) < 4.78 is 0. The molecule has 8 heteroatoms. The summed E-state index contributed by atoms with van der Waals surface area (Å²) in [6, 6.07) is 3.75. The monoisotopic (exact) mass is 322 g/mol. The van der Waals surface area contributed by atoms with E-state index in [2.05, 4.69) is 25.8 Å². The quantitative estimate of drug-likeness (QED) is 0.474. The van der Waals surface area contributed by atoms with Gasteiger partial charge in [-0.1, -0.05) is 11.6 Å². The molecule has 0 atom stereocenters. The average molecular weight is 323 g/mol. The molecule has 0 unspecified atom stereocenters. The molecule has 0 bridgehead atoms. The summed E-state index contributed by atoms with van der Waals surface area (Å²) >= 11 is 5.52. The van der Waals surface area contributed by atoms with Crippen LogP contribution in [-0.4, -0.2) is 49.3 Å². The van der Waals surface area contributed by atoms with Gasteiger partial charge in [0.05, 0.1) is 11.9 Å². The first kappa shape index (κ1) is 16.3. The Morgan fingerprint density at radius 2 is 2.18 bits per heavy atom. The van der Waals surface area contributed by atoms with Crippen molar-refractivity contribution in [2.75, 3.05) is 43.4 Å². The number of halogens is 1. The summed E-state index contributed by atoms with van der Waals surface area (Å²) in [7, 11) is 1.51. The van der Waals surface area contributed by atoms with Crippen LogP contribution in [0.5, 0.6) is 0 Å². The van der Waals surface area contributed by atoms with Gasteiger partial charge in [-0.25, -0.2) is 4.98 Å². The van der Waals surface area contributed by atoms with Crippen LogP contribution in [-0.2, 0) is 4.79 Å². The molecule has 4 N–H and O–H groups in total. The Labute approximate surface area is 134 Å². The van der Waals surface area contributed by atoms with E-state index in [1.54, 1.807) is 12.3 Å². The minimum Gasteiger partial charge on any atom is -0.368 e. The molecule has 0 aliphatic carbocycles. The zero-order valence-electron chi connectivity index (χ0n) is 12.3. The van der Waals surface area contributed by atoms with Gasteiger partial charge in [-0.3, -0.25) is 10.2 Å². The smallest absolute Gasteiger partial charge is 0.267 e. The fourth-order valence-corrected chi connectivity index (χ4v) is 2.24. The zero-order valence-corrected chi connectivity index (χ0v) is 13.1. The SMILES string of the molecule is CNC(=O)/C(=C\C(=N)Cl)Nc1ccc(N2CCNCC2)cn1. The Morgan fingerprint density at radius 3 is 2.73 bits per heavy atom. The summed E-state index contributed by atoms with van der Waals surface area (Å²) in [6.07, 6.45) is 3.01. The molecule has 1 aromatic heterocycles. The second-order valence-corrected chi connectivity index (χ2v) is 5.16. The van der Waals surface area contributed by atoms with Crippen molar-refractivity contribution >= 4 is 34.2 Å². The molecule has 1 saturated heterocycles. The number of anilines is 2. The van der Waals surface area contributed by atoms with Gasteiger partial charge >= 0.3 is 0 Å². The van der Waals surface area contributed by atoms with E-state index in [1.807, 2.05) is 6.07 Å². The van der Waals surface area contributed by atoms with Crippen molar-refractivity contribution < 1.29 is 4.79 Å². The Morgan fingerprint density at radius 1 is 1.45 bits per heavy atom. The highest BCUT2D eigenvalue weighted by Crippen LogP contribution is 2.16. The Balaban J connectivity index is 2.08. The standard InChI is InChI=1S/C14H19ClN6O/c1-17-14(22)11(8-12(15)16)20-13-3-2-10(9-19-13)21-6-4-18-5-7-21/h2-3,8-9,16,18H,4-7H2,1H3,(H,17,22)(H,19,20)/b11-8+,16-12?. The molecule has 1 aliphatic rings. The molecule has 22 heavy (non-hydrogen) atoms. The fraction of sp³-hybridized carbons (Fsp3) is 0.357. The summed E-state index contributed by atoms with van der Waals surface area (Å²) in [5.41, 5.74) is 1.22.